The van der Waals surface area contributed by atoms with Gasteiger partial charge in [-0.3, -0.25) is 4.72 Å². The van der Waals surface area contributed by atoms with Crippen LogP contribution in [-0.4, -0.2) is 15.0 Å². The summed E-state index contributed by atoms with van der Waals surface area (Å²) in [5.74, 6) is 0.945. The van der Waals surface area contributed by atoms with E-state index in [9.17, 15) is 8.42 Å². The molecule has 0 aliphatic rings. The van der Waals surface area contributed by atoms with Crippen molar-refractivity contribution in [2.24, 2.45) is 0 Å². The van der Waals surface area contributed by atoms with Crippen molar-refractivity contribution in [3.63, 3.8) is 0 Å². The second-order valence-corrected chi connectivity index (χ2v) is 7.09. The molecule has 124 valence electrons. The Balaban J connectivity index is 2.28. The van der Waals surface area contributed by atoms with Gasteiger partial charge in [-0.25, -0.2) is 8.42 Å². The quantitative estimate of drug-likeness (QED) is 0.817. The van der Waals surface area contributed by atoms with Crippen LogP contribution in [0.3, 0.4) is 0 Å². The van der Waals surface area contributed by atoms with Crippen molar-refractivity contribution in [3.05, 3.63) is 54.1 Å². The maximum Gasteiger partial charge on any atom is 0.261 e. The summed E-state index contributed by atoms with van der Waals surface area (Å²) in [4.78, 5) is 0.222. The first kappa shape index (κ1) is 17.3. The Labute approximate surface area is 138 Å². The van der Waals surface area contributed by atoms with E-state index >= 15 is 0 Å². The van der Waals surface area contributed by atoms with Gasteiger partial charge in [0.2, 0.25) is 0 Å². The average molecular weight is 333 g/mol. The Morgan fingerprint density at radius 1 is 1.04 bits per heavy atom. The highest BCUT2D eigenvalue weighted by molar-refractivity contribution is 7.92. The molecule has 23 heavy (non-hydrogen) atoms. The van der Waals surface area contributed by atoms with E-state index in [1.54, 1.807) is 30.3 Å². The Morgan fingerprint density at radius 2 is 1.70 bits per heavy atom. The van der Waals surface area contributed by atoms with Gasteiger partial charge in [-0.15, -0.1) is 0 Å². The smallest absolute Gasteiger partial charge is 0.261 e. The van der Waals surface area contributed by atoms with Crippen molar-refractivity contribution < 1.29 is 13.2 Å². The number of rotatable bonds is 7. The number of hydrogen-bond donors (Lipinski definition) is 1. The molecule has 0 aromatic heterocycles. The molecular weight excluding hydrogens is 310 g/mol. The number of para-hydroxylation sites is 1. The van der Waals surface area contributed by atoms with Gasteiger partial charge in [-0.1, -0.05) is 32.0 Å². The molecule has 2 aromatic carbocycles. The molecule has 2 aromatic rings. The lowest BCUT2D eigenvalue weighted by molar-refractivity contribution is 0.340. The molecule has 0 bridgehead atoms. The highest BCUT2D eigenvalue weighted by Crippen LogP contribution is 2.28. The predicted molar refractivity (Wildman–Crippen MR) is 93.6 cm³/mol. The molecule has 0 radical (unpaired) electrons. The van der Waals surface area contributed by atoms with Crippen molar-refractivity contribution in [1.82, 2.24) is 0 Å². The largest absolute Gasteiger partial charge is 0.494 e. The molecule has 1 N–H and O–H groups in total. The lowest BCUT2D eigenvalue weighted by Gasteiger charge is -2.16. The van der Waals surface area contributed by atoms with E-state index in [4.69, 9.17) is 4.74 Å². The standard InChI is InChI=1S/C18H23NO3S/c1-4-14(3)17-8-6-7-9-18(17)19-23(20,21)16-12-10-15(11-13-16)22-5-2/h6-14,19H,4-5H2,1-3H3/t14-/m1/s1. The van der Waals surface area contributed by atoms with Gasteiger partial charge < -0.3 is 4.74 Å². The van der Waals surface area contributed by atoms with Crippen LogP contribution in [0.5, 0.6) is 5.75 Å². The Kier molecular flexibility index (Phi) is 5.66. The number of nitrogens with one attached hydrogen (secondary N) is 1. The van der Waals surface area contributed by atoms with Crippen LogP contribution in [0.1, 0.15) is 38.7 Å². The number of hydrogen-bond acceptors (Lipinski definition) is 3. The van der Waals surface area contributed by atoms with E-state index in [1.165, 1.54) is 0 Å². The maximum absolute atomic E-state index is 12.6. The van der Waals surface area contributed by atoms with Crippen LogP contribution in [0.2, 0.25) is 0 Å². The molecule has 0 fully saturated rings. The first-order chi connectivity index (χ1) is 11.0. The summed E-state index contributed by atoms with van der Waals surface area (Å²) in [7, 11) is -3.61. The molecule has 0 spiro atoms. The third-order valence-electron chi connectivity index (χ3n) is 3.79. The fourth-order valence-corrected chi connectivity index (χ4v) is 3.41. The van der Waals surface area contributed by atoms with E-state index in [2.05, 4.69) is 18.6 Å². The van der Waals surface area contributed by atoms with Gasteiger partial charge in [0, 0.05) is 0 Å². The second-order valence-electron chi connectivity index (χ2n) is 5.41. The summed E-state index contributed by atoms with van der Waals surface area (Å²) in [6.07, 6.45) is 0.946. The highest BCUT2D eigenvalue weighted by Gasteiger charge is 2.17. The van der Waals surface area contributed by atoms with E-state index < -0.39 is 10.0 Å². The van der Waals surface area contributed by atoms with Gasteiger partial charge in [-0.05, 0) is 55.2 Å². The van der Waals surface area contributed by atoms with Crippen molar-refractivity contribution in [2.45, 2.75) is 38.0 Å². The number of anilines is 1. The molecule has 1 atom stereocenters. The third kappa shape index (κ3) is 4.26. The molecule has 0 aliphatic carbocycles. The Hall–Kier alpha value is -2.01. The van der Waals surface area contributed by atoms with Crippen LogP contribution < -0.4 is 9.46 Å². The minimum Gasteiger partial charge on any atom is -0.494 e. The lowest BCUT2D eigenvalue weighted by atomic mass is 9.97. The van der Waals surface area contributed by atoms with Gasteiger partial charge in [0.25, 0.3) is 10.0 Å². The Morgan fingerprint density at radius 3 is 2.30 bits per heavy atom. The van der Waals surface area contributed by atoms with Crippen LogP contribution >= 0.6 is 0 Å². The predicted octanol–water partition coefficient (Wildman–Crippen LogP) is 4.40. The van der Waals surface area contributed by atoms with Crippen molar-refractivity contribution in [2.75, 3.05) is 11.3 Å². The molecule has 0 saturated carbocycles. The summed E-state index contributed by atoms with van der Waals surface area (Å²) in [6.45, 7) is 6.61. The van der Waals surface area contributed by atoms with Gasteiger partial charge in [0.05, 0.1) is 17.2 Å². The van der Waals surface area contributed by atoms with Crippen LogP contribution in [0.15, 0.2) is 53.4 Å². The molecule has 0 amide bonds. The topological polar surface area (TPSA) is 55.4 Å². The summed E-state index contributed by atoms with van der Waals surface area (Å²) in [5.41, 5.74) is 1.64. The zero-order valence-electron chi connectivity index (χ0n) is 13.7. The minimum absolute atomic E-state index is 0.222. The molecule has 0 aliphatic heterocycles. The lowest BCUT2D eigenvalue weighted by Crippen LogP contribution is -2.14. The molecule has 0 saturated heterocycles. The summed E-state index contributed by atoms with van der Waals surface area (Å²) in [6, 6.07) is 14.0. The third-order valence-corrected chi connectivity index (χ3v) is 5.17. The first-order valence-electron chi connectivity index (χ1n) is 7.82. The summed E-state index contributed by atoms with van der Waals surface area (Å²) < 4.78 is 33.2. The first-order valence-corrected chi connectivity index (χ1v) is 9.30. The van der Waals surface area contributed by atoms with Crippen LogP contribution in [-0.2, 0) is 10.0 Å². The van der Waals surface area contributed by atoms with Gasteiger partial charge in [0.1, 0.15) is 5.75 Å². The summed E-state index contributed by atoms with van der Waals surface area (Å²) in [5, 5.41) is 0. The molecule has 4 nitrogen and oxygen atoms in total. The molecular formula is C18H23NO3S. The number of benzene rings is 2. The van der Waals surface area contributed by atoms with Gasteiger partial charge in [-0.2, -0.15) is 0 Å². The van der Waals surface area contributed by atoms with Crippen LogP contribution in [0, 0.1) is 0 Å². The Bertz CT molecular complexity index is 739. The van der Waals surface area contributed by atoms with Gasteiger partial charge >= 0.3 is 0 Å². The zero-order chi connectivity index (χ0) is 16.9. The van der Waals surface area contributed by atoms with Crippen LogP contribution in [0.4, 0.5) is 5.69 Å². The van der Waals surface area contributed by atoms with Crippen molar-refractivity contribution >= 4 is 15.7 Å². The fourth-order valence-electron chi connectivity index (χ4n) is 2.32. The average Bonchev–Trinajstić information content (AvgIpc) is 2.55. The second kappa shape index (κ2) is 7.51. The van der Waals surface area contributed by atoms with E-state index in [-0.39, 0.29) is 10.8 Å². The minimum atomic E-state index is -3.61. The van der Waals surface area contributed by atoms with E-state index in [0.29, 0.717) is 18.0 Å². The van der Waals surface area contributed by atoms with E-state index in [0.717, 1.165) is 12.0 Å². The highest BCUT2D eigenvalue weighted by atomic mass is 32.2. The maximum atomic E-state index is 12.6. The molecule has 0 unspecified atom stereocenters. The summed E-state index contributed by atoms with van der Waals surface area (Å²) >= 11 is 0. The number of sulfonamides is 1. The van der Waals surface area contributed by atoms with Crippen molar-refractivity contribution in [1.29, 1.82) is 0 Å². The fraction of sp³-hybridized carbons (Fsp3) is 0.333. The molecule has 2 rings (SSSR count). The molecule has 0 heterocycles. The number of ether oxygens (including phenoxy) is 1. The SMILES string of the molecule is CCOc1ccc(S(=O)(=O)Nc2ccccc2[C@H](C)CC)cc1. The monoisotopic (exact) mass is 333 g/mol. The van der Waals surface area contributed by atoms with Crippen LogP contribution in [0.25, 0.3) is 0 Å². The van der Waals surface area contributed by atoms with Crippen molar-refractivity contribution in [3.8, 4) is 5.75 Å². The molecule has 5 heteroatoms. The normalized spacial score (nSPS) is 12.7. The zero-order valence-corrected chi connectivity index (χ0v) is 14.6. The van der Waals surface area contributed by atoms with E-state index in [1.807, 2.05) is 25.1 Å². The van der Waals surface area contributed by atoms with Gasteiger partial charge in [0.15, 0.2) is 0 Å².